The number of aromatic nitrogens is 3. The number of amides is 1. The van der Waals surface area contributed by atoms with Crippen molar-refractivity contribution in [3.63, 3.8) is 0 Å². The number of piperidine rings is 1. The Morgan fingerprint density at radius 3 is 3.19 bits per heavy atom. The van der Waals surface area contributed by atoms with E-state index in [9.17, 15) is 9.59 Å². The normalized spacial score (nSPS) is 38.7. The number of hydrogen-bond donors (Lipinski definition) is 3. The number of likely N-dealkylation sites (tertiary alicyclic amines) is 1. The van der Waals surface area contributed by atoms with Crippen molar-refractivity contribution in [2.24, 2.45) is 0 Å². The summed E-state index contributed by atoms with van der Waals surface area (Å²) < 4.78 is 144. The third kappa shape index (κ3) is 3.60. The van der Waals surface area contributed by atoms with Crippen molar-refractivity contribution in [2.75, 3.05) is 26.0 Å². The smallest absolute Gasteiger partial charge is 0.293 e. The molecule has 3 N–H and O–H groups in total. The first-order valence-corrected chi connectivity index (χ1v) is 7.37. The maximum atomic E-state index is 13.5. The van der Waals surface area contributed by atoms with Crippen LogP contribution in [0.3, 0.4) is 0 Å². The lowest BCUT2D eigenvalue weighted by molar-refractivity contribution is 0.0946. The molecule has 1 aliphatic rings. The van der Waals surface area contributed by atoms with Gasteiger partial charge in [0.15, 0.2) is 1.41 Å². The van der Waals surface area contributed by atoms with E-state index in [1.807, 2.05) is 0 Å². The summed E-state index contributed by atoms with van der Waals surface area (Å²) in [7, 11) is 0. The van der Waals surface area contributed by atoms with Gasteiger partial charge in [0.25, 0.3) is 12.9 Å². The molecule has 0 radical (unpaired) electrons. The highest BCUT2D eigenvalue weighted by atomic mass is 16.3. The number of carbonyl (C=O) groups excluding carboxylic acids is 1. The molecule has 0 aliphatic carbocycles. The standard InChI is InChI=1S/C18H27N5O3/c1-12(2)23-16-13(11-20-21-16)15(24)14(18(23)26)17(25)19-7-6-10-22-8-4-3-5-9-22/h11-12,24H,3-10H2,1-2H3,(H,19,25)(H,20,21)/i1D3,3D2,4D2,5D2,7D2,8D2,9D2,12D/hD2. The Balaban J connectivity index is 2.10. The van der Waals surface area contributed by atoms with Gasteiger partial charge in [-0.15, -0.1) is 0 Å². The molecule has 142 valence electrons. The Morgan fingerprint density at radius 2 is 2.46 bits per heavy atom. The van der Waals surface area contributed by atoms with Crippen LogP contribution >= 0.6 is 0 Å². The molecule has 3 heterocycles. The summed E-state index contributed by atoms with van der Waals surface area (Å²) in [5.74, 6) is -2.73. The lowest BCUT2D eigenvalue weighted by Crippen LogP contribution is -2.36. The molecule has 8 heteroatoms. The summed E-state index contributed by atoms with van der Waals surface area (Å²) in [6.45, 7) is -14.1. The molecule has 26 heavy (non-hydrogen) atoms. The Hall–Kier alpha value is -2.35. The van der Waals surface area contributed by atoms with E-state index >= 15 is 0 Å². The first-order valence-electron chi connectivity index (χ1n) is 16.2. The van der Waals surface area contributed by atoms with Crippen molar-refractivity contribution in [1.82, 2.24) is 25.0 Å². The van der Waals surface area contributed by atoms with E-state index in [1.54, 1.807) is 0 Å². The first-order chi connectivity index (χ1) is 19.5. The molecule has 1 fully saturated rings. The van der Waals surface area contributed by atoms with Crippen LogP contribution in [0.15, 0.2) is 11.0 Å². The lowest BCUT2D eigenvalue weighted by Gasteiger charge is -2.26. The molecule has 0 bridgehead atoms. The zero-order valence-electron chi connectivity index (χ0n) is 31.5. The number of fused-ring (bicyclic) bond motifs is 1. The summed E-state index contributed by atoms with van der Waals surface area (Å²) in [6, 6.07) is -2.79. The number of carbonyl (C=O) groups is 1. The number of hydrogen-bond acceptors (Lipinski definition) is 5. The highest BCUT2D eigenvalue weighted by Crippen LogP contribution is 2.26. The van der Waals surface area contributed by atoms with Crippen LogP contribution in [-0.2, 0) is 0 Å². The predicted octanol–water partition coefficient (Wildman–Crippen LogP) is 1.62. The van der Waals surface area contributed by atoms with Gasteiger partial charge in [0.1, 0.15) is 17.0 Å². The van der Waals surface area contributed by atoms with Crippen LogP contribution in [0, 0.1) is 0 Å². The van der Waals surface area contributed by atoms with Crippen molar-refractivity contribution in [3.8, 4) is 5.75 Å². The van der Waals surface area contributed by atoms with Crippen molar-refractivity contribution in [3.05, 3.63) is 22.1 Å². The third-order valence-electron chi connectivity index (χ3n) is 3.42. The number of aromatic amines is 1. The van der Waals surface area contributed by atoms with E-state index in [-0.39, 0.29) is 14.9 Å². The highest BCUT2D eigenvalue weighted by Gasteiger charge is 2.24. The van der Waals surface area contributed by atoms with Gasteiger partial charge in [-0.2, -0.15) is 5.10 Å². The molecule has 2 aromatic rings. The van der Waals surface area contributed by atoms with E-state index in [0.29, 0.717) is 0 Å². The molecule has 1 unspecified atom stereocenters. The van der Waals surface area contributed by atoms with E-state index in [4.69, 9.17) is 24.8 Å². The lowest BCUT2D eigenvalue weighted by atomic mass is 10.1. The zero-order valence-corrected chi connectivity index (χ0v) is 13.5. The quantitative estimate of drug-likeness (QED) is 0.678. The molecule has 3 rings (SSSR count). The van der Waals surface area contributed by atoms with Gasteiger partial charge in [-0.25, -0.2) is 0 Å². The van der Waals surface area contributed by atoms with Crippen LogP contribution < -0.4 is 10.9 Å². The number of nitrogens with one attached hydrogen (secondary N) is 2. The average molecular weight is 380 g/mol. The molecule has 2 aromatic heterocycles. The van der Waals surface area contributed by atoms with Gasteiger partial charge in [0.05, 0.1) is 13.0 Å². The maximum Gasteiger partial charge on any atom is 0.293 e. The van der Waals surface area contributed by atoms with Crippen LogP contribution in [0.1, 0.15) is 77.6 Å². The summed E-state index contributed by atoms with van der Waals surface area (Å²) in [6.07, 6.45) is -11.4. The maximum absolute atomic E-state index is 13.5. The minimum absolute atomic E-state index is 0.0950. The topological polar surface area (TPSA) is 103 Å². The molecule has 1 amide bonds. The van der Waals surface area contributed by atoms with Gasteiger partial charge in [0, 0.05) is 33.1 Å². The van der Waals surface area contributed by atoms with Crippen molar-refractivity contribution < 1.29 is 33.2 Å². The van der Waals surface area contributed by atoms with Gasteiger partial charge in [-0.05, 0) is 52.5 Å². The molecule has 1 aliphatic heterocycles. The van der Waals surface area contributed by atoms with E-state index in [2.05, 4.69) is 15.3 Å². The van der Waals surface area contributed by atoms with Crippen molar-refractivity contribution in [1.29, 1.82) is 1.43 Å². The monoisotopic (exact) mass is 379 g/mol. The number of aromatic hydroxyl groups is 1. The number of pyridine rings is 1. The van der Waals surface area contributed by atoms with Crippen LogP contribution in [0.25, 0.3) is 11.0 Å². The average Bonchev–Trinajstić information content (AvgIpc) is 3.33. The molecule has 1 saturated heterocycles. The van der Waals surface area contributed by atoms with Crippen LogP contribution in [0.4, 0.5) is 0 Å². The molecule has 0 saturated carbocycles. The molecular formula is C18H27N5O3. The number of nitrogens with zero attached hydrogens (tertiary/aromatic N) is 3. The SMILES string of the molecule is [2H]Oc1c(C(=O)N([2H])C([2H])([2H])CCN2C([2H])([2H])C([2H])([2H])C([2H])([2H])C([2H])([2H])C2([2H])[2H])c(=O)n(C([2H])(C)C([2H])([2H])[2H])c2[nH]ncc12. The summed E-state index contributed by atoms with van der Waals surface area (Å²) in [5.41, 5.74) is -3.32. The van der Waals surface area contributed by atoms with Gasteiger partial charge in [-0.1, -0.05) is 6.37 Å². The predicted molar refractivity (Wildman–Crippen MR) is 99.6 cm³/mol. The third-order valence-corrected chi connectivity index (χ3v) is 3.42. The summed E-state index contributed by atoms with van der Waals surface area (Å²) in [4.78, 5) is 26.9. The van der Waals surface area contributed by atoms with Gasteiger partial charge in [-0.3, -0.25) is 19.3 Å². The van der Waals surface area contributed by atoms with Gasteiger partial charge >= 0.3 is 0 Å². The highest BCUT2D eigenvalue weighted by molar-refractivity contribution is 6.01. The Bertz CT molecular complexity index is 1480. The second-order valence-electron chi connectivity index (χ2n) is 5.14. The minimum atomic E-state index is -3.72. The number of rotatable bonds is 7. The molecule has 1 atom stereocenters. The molecule has 0 aromatic carbocycles. The second-order valence-corrected chi connectivity index (χ2v) is 5.14. The second kappa shape index (κ2) is 7.90. The van der Waals surface area contributed by atoms with Crippen molar-refractivity contribution in [2.45, 2.75) is 45.3 Å². The summed E-state index contributed by atoms with van der Waals surface area (Å²) >= 11 is 0. The van der Waals surface area contributed by atoms with Crippen LogP contribution in [0.2, 0.25) is 1.41 Å². The Kier molecular flexibility index (Phi) is 1.94. The van der Waals surface area contributed by atoms with E-state index in [1.165, 1.54) is 0 Å². The first kappa shape index (κ1) is 6.37. The Morgan fingerprint density at radius 1 is 1.65 bits per heavy atom. The zero-order chi connectivity index (χ0) is 34.4. The van der Waals surface area contributed by atoms with Crippen LogP contribution in [-0.4, -0.2) is 58.1 Å². The number of H-pyrrole nitrogens is 1. The van der Waals surface area contributed by atoms with Crippen molar-refractivity contribution >= 4 is 16.9 Å². The van der Waals surface area contributed by atoms with Crippen LogP contribution in [0.5, 0.6) is 5.75 Å². The minimum Gasteiger partial charge on any atom is -0.506 e. The largest absolute Gasteiger partial charge is 0.506 e. The fraction of sp³-hybridized carbons (Fsp3) is 0.611. The molecule has 0 spiro atoms. The van der Waals surface area contributed by atoms with E-state index < -0.39 is 98.2 Å². The fourth-order valence-electron chi connectivity index (χ4n) is 2.28. The van der Waals surface area contributed by atoms with E-state index in [0.717, 1.165) is 13.1 Å². The fourth-order valence-corrected chi connectivity index (χ4v) is 2.28. The van der Waals surface area contributed by atoms with Gasteiger partial charge in [0.2, 0.25) is 0 Å². The molecule has 8 nitrogen and oxygen atoms in total. The Labute approximate surface area is 177 Å². The summed E-state index contributed by atoms with van der Waals surface area (Å²) in [5, 5.41) is 9.45. The van der Waals surface area contributed by atoms with Gasteiger partial charge < -0.3 is 15.3 Å². The molecular weight excluding hydrogens is 334 g/mol.